The zero-order valence-corrected chi connectivity index (χ0v) is 16.9. The summed E-state index contributed by atoms with van der Waals surface area (Å²) in [5.41, 5.74) is 1.52. The molecule has 0 radical (unpaired) electrons. The topological polar surface area (TPSA) is 86.1 Å². The third-order valence-electron chi connectivity index (χ3n) is 4.97. The molecule has 7 nitrogen and oxygen atoms in total. The summed E-state index contributed by atoms with van der Waals surface area (Å²) in [6.45, 7) is 1.66. The molecule has 3 aromatic rings. The lowest BCUT2D eigenvalue weighted by Crippen LogP contribution is -2.48. The largest absolute Gasteiger partial charge is 0.478 e. The molecule has 1 aliphatic heterocycles. The molecule has 1 aliphatic rings. The highest BCUT2D eigenvalue weighted by Crippen LogP contribution is 2.36. The molecule has 4 rings (SSSR count). The van der Waals surface area contributed by atoms with Gasteiger partial charge in [-0.05, 0) is 42.3 Å². The summed E-state index contributed by atoms with van der Waals surface area (Å²) in [4.78, 5) is 39.4. The molecule has 31 heavy (non-hydrogen) atoms. The molecule has 2 aromatic carbocycles. The van der Waals surface area contributed by atoms with Crippen molar-refractivity contribution < 1.29 is 28.3 Å². The number of hydrogen-bond donors (Lipinski definition) is 0. The summed E-state index contributed by atoms with van der Waals surface area (Å²) in [5, 5.41) is 0. The summed E-state index contributed by atoms with van der Waals surface area (Å²) in [5.74, 6) is -0.622. The first-order valence-electron chi connectivity index (χ1n) is 9.96. The third kappa shape index (κ3) is 4.35. The van der Waals surface area contributed by atoms with Crippen molar-refractivity contribution in [2.24, 2.45) is 0 Å². The summed E-state index contributed by atoms with van der Waals surface area (Å²) < 4.78 is 16.3. The average Bonchev–Trinajstić information content (AvgIpc) is 3.34. The van der Waals surface area contributed by atoms with E-state index in [0.717, 1.165) is 5.56 Å². The molecule has 0 aliphatic carbocycles. The number of esters is 1. The standard InChI is InChI=1S/C24H21NO6/c1-2-19-24(28)25(14-22(26)30-15-16-7-4-3-5-8-16)18-13-17(10-11-20(18)31-19)23(27)21-9-6-12-29-21/h3-13,19H,2,14-15H2,1H3. The zero-order valence-electron chi connectivity index (χ0n) is 16.9. The number of amides is 1. The van der Waals surface area contributed by atoms with Gasteiger partial charge in [0.15, 0.2) is 11.9 Å². The van der Waals surface area contributed by atoms with Gasteiger partial charge in [-0.2, -0.15) is 0 Å². The van der Waals surface area contributed by atoms with Crippen LogP contribution in [-0.4, -0.2) is 30.3 Å². The van der Waals surface area contributed by atoms with Gasteiger partial charge in [0.05, 0.1) is 12.0 Å². The molecule has 1 atom stereocenters. The van der Waals surface area contributed by atoms with Gasteiger partial charge in [-0.1, -0.05) is 37.3 Å². The van der Waals surface area contributed by atoms with Crippen LogP contribution in [0.25, 0.3) is 0 Å². The van der Waals surface area contributed by atoms with Crippen LogP contribution in [0.2, 0.25) is 0 Å². The number of rotatable bonds is 7. The van der Waals surface area contributed by atoms with Crippen molar-refractivity contribution in [1.29, 1.82) is 0 Å². The number of hydrogen-bond acceptors (Lipinski definition) is 6. The maximum atomic E-state index is 12.9. The zero-order chi connectivity index (χ0) is 21.8. The van der Waals surface area contributed by atoms with Crippen molar-refractivity contribution in [2.45, 2.75) is 26.1 Å². The Kier molecular flexibility index (Phi) is 5.84. The Hall–Kier alpha value is -3.87. The van der Waals surface area contributed by atoms with Gasteiger partial charge in [0.25, 0.3) is 5.91 Å². The highest BCUT2D eigenvalue weighted by atomic mass is 16.5. The van der Waals surface area contributed by atoms with Crippen molar-refractivity contribution in [2.75, 3.05) is 11.4 Å². The molecule has 0 spiro atoms. The lowest BCUT2D eigenvalue weighted by molar-refractivity contribution is -0.144. The fraction of sp³-hybridized carbons (Fsp3) is 0.208. The molecule has 158 valence electrons. The van der Waals surface area contributed by atoms with E-state index in [4.69, 9.17) is 13.9 Å². The van der Waals surface area contributed by atoms with Crippen LogP contribution in [0.15, 0.2) is 71.3 Å². The molecular weight excluding hydrogens is 398 g/mol. The van der Waals surface area contributed by atoms with Crippen LogP contribution >= 0.6 is 0 Å². The van der Waals surface area contributed by atoms with E-state index in [9.17, 15) is 14.4 Å². The fourth-order valence-electron chi connectivity index (χ4n) is 3.35. The van der Waals surface area contributed by atoms with Crippen molar-refractivity contribution in [3.8, 4) is 5.75 Å². The first-order chi connectivity index (χ1) is 15.1. The number of nitrogens with zero attached hydrogens (tertiary/aromatic N) is 1. The molecule has 1 amide bonds. The van der Waals surface area contributed by atoms with Crippen molar-refractivity contribution >= 4 is 23.3 Å². The number of fused-ring (bicyclic) bond motifs is 1. The highest BCUT2D eigenvalue weighted by molar-refractivity contribution is 6.09. The highest BCUT2D eigenvalue weighted by Gasteiger charge is 2.35. The van der Waals surface area contributed by atoms with Gasteiger partial charge in [-0.3, -0.25) is 19.3 Å². The molecule has 1 aromatic heterocycles. The second kappa shape index (κ2) is 8.87. The van der Waals surface area contributed by atoms with Crippen LogP contribution in [0, 0.1) is 0 Å². The van der Waals surface area contributed by atoms with Gasteiger partial charge in [0.1, 0.15) is 18.9 Å². The van der Waals surface area contributed by atoms with Crippen LogP contribution in [0.3, 0.4) is 0 Å². The van der Waals surface area contributed by atoms with Crippen molar-refractivity contribution in [3.63, 3.8) is 0 Å². The second-order valence-corrected chi connectivity index (χ2v) is 7.07. The van der Waals surface area contributed by atoms with Gasteiger partial charge < -0.3 is 13.9 Å². The van der Waals surface area contributed by atoms with Crippen LogP contribution in [0.4, 0.5) is 5.69 Å². The van der Waals surface area contributed by atoms with Crippen LogP contribution in [-0.2, 0) is 20.9 Å². The molecule has 0 fully saturated rings. The van der Waals surface area contributed by atoms with Gasteiger partial charge in [0.2, 0.25) is 5.78 Å². The number of furan rings is 1. The van der Waals surface area contributed by atoms with E-state index >= 15 is 0 Å². The molecular formula is C24H21NO6. The summed E-state index contributed by atoms with van der Waals surface area (Å²) in [7, 11) is 0. The number of benzene rings is 2. The average molecular weight is 419 g/mol. The molecule has 0 N–H and O–H groups in total. The second-order valence-electron chi connectivity index (χ2n) is 7.07. The van der Waals surface area contributed by atoms with Gasteiger partial charge >= 0.3 is 5.97 Å². The van der Waals surface area contributed by atoms with Gasteiger partial charge in [-0.15, -0.1) is 0 Å². The SMILES string of the molecule is CCC1Oc2ccc(C(=O)c3ccco3)cc2N(CC(=O)OCc2ccccc2)C1=O. The van der Waals surface area contributed by atoms with Crippen molar-refractivity contribution in [1.82, 2.24) is 0 Å². The summed E-state index contributed by atoms with van der Waals surface area (Å²) in [6, 6.07) is 17.2. The smallest absolute Gasteiger partial charge is 0.326 e. The molecule has 7 heteroatoms. The Bertz CT molecular complexity index is 1090. The van der Waals surface area contributed by atoms with E-state index in [2.05, 4.69) is 0 Å². The number of ketones is 1. The van der Waals surface area contributed by atoms with E-state index in [-0.39, 0.29) is 30.6 Å². The quantitative estimate of drug-likeness (QED) is 0.428. The Morgan fingerprint density at radius 3 is 2.58 bits per heavy atom. The molecule has 0 saturated heterocycles. The Labute approximate surface area is 179 Å². The van der Waals surface area contributed by atoms with E-state index in [1.807, 2.05) is 37.3 Å². The minimum Gasteiger partial charge on any atom is -0.478 e. The predicted molar refractivity (Wildman–Crippen MR) is 112 cm³/mol. The molecule has 1 unspecified atom stereocenters. The summed E-state index contributed by atoms with van der Waals surface area (Å²) >= 11 is 0. The lowest BCUT2D eigenvalue weighted by Gasteiger charge is -2.33. The van der Waals surface area contributed by atoms with E-state index in [0.29, 0.717) is 23.4 Å². The van der Waals surface area contributed by atoms with Gasteiger partial charge in [-0.25, -0.2) is 0 Å². The van der Waals surface area contributed by atoms with E-state index in [1.165, 1.54) is 17.2 Å². The maximum Gasteiger partial charge on any atom is 0.326 e. The first kappa shape index (κ1) is 20.4. The number of carbonyl (C=O) groups is 3. The first-order valence-corrected chi connectivity index (χ1v) is 9.96. The maximum absolute atomic E-state index is 12.9. The normalized spacial score (nSPS) is 15.2. The number of anilines is 1. The minimum absolute atomic E-state index is 0.110. The monoisotopic (exact) mass is 419 g/mol. The molecule has 0 saturated carbocycles. The van der Waals surface area contributed by atoms with E-state index in [1.54, 1.807) is 24.3 Å². The van der Waals surface area contributed by atoms with Crippen molar-refractivity contribution in [3.05, 3.63) is 83.8 Å². The molecule has 2 heterocycles. The van der Waals surface area contributed by atoms with E-state index < -0.39 is 12.1 Å². The predicted octanol–water partition coefficient (Wildman–Crippen LogP) is 3.76. The Morgan fingerprint density at radius 2 is 1.87 bits per heavy atom. The Morgan fingerprint density at radius 1 is 1.06 bits per heavy atom. The van der Waals surface area contributed by atoms with Gasteiger partial charge in [0, 0.05) is 5.56 Å². The van der Waals surface area contributed by atoms with Crippen LogP contribution in [0.1, 0.15) is 35.0 Å². The molecule has 0 bridgehead atoms. The number of carbonyl (C=O) groups excluding carboxylic acids is 3. The minimum atomic E-state index is -0.707. The fourth-order valence-corrected chi connectivity index (χ4v) is 3.35. The number of ether oxygens (including phenoxy) is 2. The third-order valence-corrected chi connectivity index (χ3v) is 4.97. The van der Waals surface area contributed by atoms with Crippen LogP contribution in [0.5, 0.6) is 5.75 Å². The Balaban J connectivity index is 1.57. The van der Waals surface area contributed by atoms with Crippen LogP contribution < -0.4 is 9.64 Å². The summed E-state index contributed by atoms with van der Waals surface area (Å²) in [6.07, 6.45) is 1.15. The lowest BCUT2D eigenvalue weighted by atomic mass is 10.0.